The van der Waals surface area contributed by atoms with Gasteiger partial charge in [0.05, 0.1) is 22.8 Å². The highest BCUT2D eigenvalue weighted by Gasteiger charge is 2.35. The van der Waals surface area contributed by atoms with Gasteiger partial charge in [-0.05, 0) is 66.1 Å². The maximum atomic E-state index is 13.5. The van der Waals surface area contributed by atoms with Gasteiger partial charge in [-0.15, -0.1) is 0 Å². The highest BCUT2D eigenvalue weighted by Crippen LogP contribution is 2.35. The number of nitrogens with zero attached hydrogens (tertiary/aromatic N) is 3. The average molecular weight is 446 g/mol. The van der Waals surface area contributed by atoms with Crippen molar-refractivity contribution in [1.82, 2.24) is 9.78 Å². The van der Waals surface area contributed by atoms with Crippen molar-refractivity contribution in [2.75, 3.05) is 6.54 Å². The molecule has 31 heavy (non-hydrogen) atoms. The van der Waals surface area contributed by atoms with E-state index in [1.165, 1.54) is 24.3 Å². The molecule has 2 aromatic carbocycles. The average Bonchev–Trinajstić information content (AvgIpc) is 3.38. The van der Waals surface area contributed by atoms with Crippen molar-refractivity contribution in [1.29, 1.82) is 0 Å². The Morgan fingerprint density at radius 2 is 1.77 bits per heavy atom. The molecule has 0 bridgehead atoms. The Morgan fingerprint density at radius 3 is 2.35 bits per heavy atom. The van der Waals surface area contributed by atoms with E-state index in [0.29, 0.717) is 12.1 Å². The lowest BCUT2D eigenvalue weighted by Crippen LogP contribution is -2.12. The van der Waals surface area contributed by atoms with Gasteiger partial charge in [0, 0.05) is 11.8 Å². The van der Waals surface area contributed by atoms with E-state index < -0.39 is 21.9 Å². The molecular weight excluding hydrogens is 429 g/mol. The van der Waals surface area contributed by atoms with Crippen molar-refractivity contribution in [2.24, 2.45) is 10.1 Å². The van der Waals surface area contributed by atoms with Crippen LogP contribution in [0.5, 0.6) is 0 Å². The lowest BCUT2D eigenvalue weighted by Gasteiger charge is -2.12. The molecule has 0 aliphatic carbocycles. The number of sulfonamides is 1. The predicted molar refractivity (Wildman–Crippen MR) is 111 cm³/mol. The summed E-state index contributed by atoms with van der Waals surface area (Å²) in [7, 11) is -3.93. The largest absolute Gasteiger partial charge is 0.435 e. The van der Waals surface area contributed by atoms with E-state index in [0.717, 1.165) is 27.4 Å². The highest BCUT2D eigenvalue weighted by atomic mass is 32.2. The lowest BCUT2D eigenvalue weighted by molar-refractivity contribution is -0.141. The quantitative estimate of drug-likeness (QED) is 0.657. The number of nitrogens with two attached hydrogens (primary N) is 1. The fraction of sp³-hybridized carbons (Fsp3) is 0.143. The number of allylic oxidation sites excluding steroid dienone is 1. The molecule has 0 unspecified atom stereocenters. The Labute approximate surface area is 176 Å². The molecule has 0 amide bonds. The van der Waals surface area contributed by atoms with E-state index in [-0.39, 0.29) is 16.3 Å². The first-order valence-electron chi connectivity index (χ1n) is 9.15. The van der Waals surface area contributed by atoms with Crippen LogP contribution in [0.1, 0.15) is 16.8 Å². The molecule has 0 saturated carbocycles. The van der Waals surface area contributed by atoms with Crippen LogP contribution in [0.25, 0.3) is 22.5 Å². The van der Waals surface area contributed by atoms with E-state index in [1.54, 1.807) is 13.1 Å². The SMILES string of the molecule is Cc1ccc(C2=CC=NC2)cc1-c1cc(C(F)(F)F)nn1-c1ccc(S(N)(=O)=O)cc1. The topological polar surface area (TPSA) is 90.3 Å². The molecule has 1 aliphatic heterocycles. The van der Waals surface area contributed by atoms with Gasteiger partial charge in [0.2, 0.25) is 10.0 Å². The van der Waals surface area contributed by atoms with Crippen LogP contribution >= 0.6 is 0 Å². The number of alkyl halides is 3. The van der Waals surface area contributed by atoms with Crippen molar-refractivity contribution in [3.8, 4) is 16.9 Å². The van der Waals surface area contributed by atoms with Crippen LogP contribution in [-0.2, 0) is 16.2 Å². The molecule has 0 radical (unpaired) electrons. The number of rotatable bonds is 4. The second-order valence-electron chi connectivity index (χ2n) is 7.07. The second kappa shape index (κ2) is 7.47. The second-order valence-corrected chi connectivity index (χ2v) is 8.64. The zero-order valence-electron chi connectivity index (χ0n) is 16.3. The van der Waals surface area contributed by atoms with E-state index in [4.69, 9.17) is 5.14 Å². The summed E-state index contributed by atoms with van der Waals surface area (Å²) in [5.74, 6) is 0. The molecule has 0 spiro atoms. The van der Waals surface area contributed by atoms with Gasteiger partial charge < -0.3 is 0 Å². The Kier molecular flexibility index (Phi) is 5.06. The van der Waals surface area contributed by atoms with Crippen LogP contribution < -0.4 is 5.14 Å². The van der Waals surface area contributed by atoms with Crippen molar-refractivity contribution < 1.29 is 21.6 Å². The molecule has 3 aromatic rings. The van der Waals surface area contributed by atoms with E-state index in [2.05, 4.69) is 10.1 Å². The van der Waals surface area contributed by atoms with Crippen molar-refractivity contribution in [3.63, 3.8) is 0 Å². The number of hydrogen-bond acceptors (Lipinski definition) is 4. The van der Waals surface area contributed by atoms with Gasteiger partial charge in [0.15, 0.2) is 5.69 Å². The molecule has 0 saturated heterocycles. The lowest BCUT2D eigenvalue weighted by atomic mass is 9.98. The summed E-state index contributed by atoms with van der Waals surface area (Å²) in [5, 5.41) is 8.87. The summed E-state index contributed by atoms with van der Waals surface area (Å²) in [4.78, 5) is 4.01. The zero-order valence-corrected chi connectivity index (χ0v) is 17.1. The van der Waals surface area contributed by atoms with E-state index in [9.17, 15) is 21.6 Å². The maximum Gasteiger partial charge on any atom is 0.435 e. The first-order chi connectivity index (χ1) is 14.5. The Hall–Kier alpha value is -3.24. The minimum atomic E-state index is -4.64. The number of aryl methyl sites for hydroxylation is 1. The number of halogens is 3. The molecule has 1 aliphatic rings. The van der Waals surface area contributed by atoms with Crippen molar-refractivity contribution >= 4 is 21.8 Å². The summed E-state index contributed by atoms with van der Waals surface area (Å²) in [6, 6.07) is 11.7. The van der Waals surface area contributed by atoms with Crippen LogP contribution in [-0.4, -0.2) is 31.0 Å². The Morgan fingerprint density at radius 1 is 1.06 bits per heavy atom. The van der Waals surface area contributed by atoms with Crippen LogP contribution in [0.2, 0.25) is 0 Å². The Bertz CT molecular complexity index is 1320. The highest BCUT2D eigenvalue weighted by molar-refractivity contribution is 7.89. The summed E-state index contributed by atoms with van der Waals surface area (Å²) in [6.45, 7) is 2.30. The number of aromatic nitrogens is 2. The van der Waals surface area contributed by atoms with Crippen molar-refractivity contribution in [3.05, 3.63) is 71.4 Å². The number of benzene rings is 2. The smallest absolute Gasteiger partial charge is 0.288 e. The van der Waals surface area contributed by atoms with Gasteiger partial charge in [-0.3, -0.25) is 4.99 Å². The van der Waals surface area contributed by atoms with Gasteiger partial charge in [-0.2, -0.15) is 18.3 Å². The van der Waals surface area contributed by atoms with E-state index in [1.807, 2.05) is 24.3 Å². The monoisotopic (exact) mass is 446 g/mol. The van der Waals surface area contributed by atoms with Gasteiger partial charge >= 0.3 is 6.18 Å². The third kappa shape index (κ3) is 4.17. The van der Waals surface area contributed by atoms with Crippen LogP contribution in [0.15, 0.2) is 64.5 Å². The standard InChI is InChI=1S/C21H17F3N4O2S/c1-13-2-3-14(15-8-9-26-12-15)10-18(13)19-11-20(21(22,23)24)27-28(19)16-4-6-17(7-5-16)31(25,29)30/h2-11H,12H2,1H3,(H2,25,29,30). The molecule has 2 heterocycles. The number of primary sulfonamides is 1. The molecular formula is C21H17F3N4O2S. The first kappa shape index (κ1) is 21.0. The summed E-state index contributed by atoms with van der Waals surface area (Å²) in [5.41, 5.74) is 2.60. The fourth-order valence-electron chi connectivity index (χ4n) is 3.32. The number of aliphatic imine (C=N–C) groups is 1. The van der Waals surface area contributed by atoms with Gasteiger partial charge in [0.1, 0.15) is 0 Å². The maximum absolute atomic E-state index is 13.5. The van der Waals surface area contributed by atoms with Gasteiger partial charge in [0.25, 0.3) is 0 Å². The predicted octanol–water partition coefficient (Wildman–Crippen LogP) is 3.98. The van der Waals surface area contributed by atoms with Crippen LogP contribution in [0.4, 0.5) is 13.2 Å². The van der Waals surface area contributed by atoms with Crippen LogP contribution in [0, 0.1) is 6.92 Å². The Balaban J connectivity index is 1.89. The molecule has 0 fully saturated rings. The van der Waals surface area contributed by atoms with E-state index >= 15 is 0 Å². The molecule has 2 N–H and O–H groups in total. The van der Waals surface area contributed by atoms with Gasteiger partial charge in [-0.25, -0.2) is 18.2 Å². The molecule has 4 rings (SSSR count). The molecule has 10 heteroatoms. The van der Waals surface area contributed by atoms with Crippen LogP contribution in [0.3, 0.4) is 0 Å². The first-order valence-corrected chi connectivity index (χ1v) is 10.7. The zero-order chi connectivity index (χ0) is 22.4. The number of hydrogen-bond donors (Lipinski definition) is 1. The summed E-state index contributed by atoms with van der Waals surface area (Å²) < 4.78 is 64.5. The summed E-state index contributed by atoms with van der Waals surface area (Å²) in [6.07, 6.45) is -1.10. The molecule has 0 atom stereocenters. The molecule has 6 nitrogen and oxygen atoms in total. The third-order valence-electron chi connectivity index (χ3n) is 4.94. The third-order valence-corrected chi connectivity index (χ3v) is 5.87. The fourth-order valence-corrected chi connectivity index (χ4v) is 3.83. The minimum Gasteiger partial charge on any atom is -0.288 e. The van der Waals surface area contributed by atoms with Crippen molar-refractivity contribution in [2.45, 2.75) is 18.0 Å². The normalized spacial score (nSPS) is 14.2. The molecule has 160 valence electrons. The molecule has 1 aromatic heterocycles. The van der Waals surface area contributed by atoms with Gasteiger partial charge in [-0.1, -0.05) is 12.1 Å². The minimum absolute atomic E-state index is 0.146. The summed E-state index contributed by atoms with van der Waals surface area (Å²) >= 11 is 0.